The third-order valence-electron chi connectivity index (χ3n) is 16.1. The topological polar surface area (TPSA) is 121 Å². The molecule has 6 aromatic heterocycles. The quantitative estimate of drug-likeness (QED) is 0.0885. The van der Waals surface area contributed by atoms with Crippen LogP contribution in [0.2, 0.25) is 0 Å². The van der Waals surface area contributed by atoms with E-state index < -0.39 is 34.4 Å². The van der Waals surface area contributed by atoms with Crippen molar-refractivity contribution in [1.82, 2.24) is 33.9 Å². The zero-order valence-corrected chi connectivity index (χ0v) is 70.1. The molecule has 0 saturated heterocycles. The van der Waals surface area contributed by atoms with Crippen LogP contribution >= 0.6 is 0 Å². The van der Waals surface area contributed by atoms with Gasteiger partial charge in [0, 0.05) is 166 Å². The second-order valence-electron chi connectivity index (χ2n) is 25.8. The van der Waals surface area contributed by atoms with Gasteiger partial charge in [-0.05, 0) is 132 Å². The van der Waals surface area contributed by atoms with E-state index in [9.17, 15) is 17.6 Å². The zero-order chi connectivity index (χ0) is 69.8. The Hall–Kier alpha value is -8.42. The summed E-state index contributed by atoms with van der Waals surface area (Å²) in [5.41, 5.74) is 17.7. The fourth-order valence-corrected chi connectivity index (χ4v) is 11.7. The Labute approximate surface area is 668 Å². The normalized spacial score (nSPS) is 10.5. The Bertz CT molecular complexity index is 5090. The van der Waals surface area contributed by atoms with E-state index in [0.29, 0.717) is 11.4 Å². The zero-order valence-electron chi connectivity index (χ0n) is 58.1. The summed E-state index contributed by atoms with van der Waals surface area (Å²) in [5, 5.41) is 20.8. The number of aromatic nitrogens is 7. The average molecular weight is 2250 g/mol. The molecule has 533 valence electrons. The maximum atomic E-state index is 13.7. The second-order valence-corrected chi connectivity index (χ2v) is 25.8. The summed E-state index contributed by atoms with van der Waals surface area (Å²) in [4.78, 5) is 21.6. The summed E-state index contributed by atoms with van der Waals surface area (Å²) >= 11 is 0. The van der Waals surface area contributed by atoms with Crippen molar-refractivity contribution >= 4 is 27.3 Å². The number of hydrogen-bond donors (Lipinski definition) is 0. The van der Waals surface area contributed by atoms with Crippen LogP contribution in [-0.2, 0) is 112 Å². The first-order valence-electron chi connectivity index (χ1n) is 31.8. The van der Waals surface area contributed by atoms with E-state index in [4.69, 9.17) is 15.5 Å². The first-order valence-corrected chi connectivity index (χ1v) is 31.8. The number of pyridine rings is 4. The van der Waals surface area contributed by atoms with E-state index in [1.54, 1.807) is 36.4 Å². The number of imidazole rings is 2. The molecule has 0 atom stereocenters. The van der Waals surface area contributed by atoms with Crippen LogP contribution in [0.5, 0.6) is 0 Å². The second kappa shape index (κ2) is 38.4. The Morgan fingerprint density at radius 1 is 0.485 bits per heavy atom. The molecule has 0 spiro atoms. The average Bonchev–Trinajstić information content (AvgIpc) is 1.63. The van der Waals surface area contributed by atoms with Crippen LogP contribution in [0.4, 0.5) is 17.6 Å². The Balaban J connectivity index is 0.000000235. The molecule has 9 nitrogen and oxygen atoms in total. The molecule has 0 bridgehead atoms. The van der Waals surface area contributed by atoms with Crippen molar-refractivity contribution in [3.05, 3.63) is 317 Å². The number of aryl methyl sites for hydroxylation is 5. The van der Waals surface area contributed by atoms with Crippen molar-refractivity contribution in [2.75, 3.05) is 0 Å². The maximum Gasteiger partial charge on any atom is 0.0848 e. The van der Waals surface area contributed by atoms with E-state index in [1.807, 2.05) is 79.4 Å². The minimum Gasteiger partial charge on any atom is -0.340 e. The summed E-state index contributed by atoms with van der Waals surface area (Å²) in [6, 6.07) is 73.6. The third kappa shape index (κ3) is 20.5. The Morgan fingerprint density at radius 2 is 1.03 bits per heavy atom. The van der Waals surface area contributed by atoms with E-state index in [1.165, 1.54) is 91.0 Å². The summed E-state index contributed by atoms with van der Waals surface area (Å²) in [5.74, 6) is -2.76. The summed E-state index contributed by atoms with van der Waals surface area (Å²) < 4.78 is 57.9. The smallest absolute Gasteiger partial charge is 0.0848 e. The van der Waals surface area contributed by atoms with Crippen molar-refractivity contribution in [2.24, 2.45) is 5.41 Å². The third-order valence-corrected chi connectivity index (χ3v) is 16.1. The molecule has 0 saturated carbocycles. The fourth-order valence-electron chi connectivity index (χ4n) is 11.7. The molecule has 14 rings (SSSR count). The molecule has 14 aromatic rings. The van der Waals surface area contributed by atoms with Gasteiger partial charge in [0.25, 0.3) is 0 Å². The van der Waals surface area contributed by atoms with Gasteiger partial charge in [-0.15, -0.1) is 126 Å². The molecule has 8 aromatic carbocycles. The molecule has 0 aliphatic heterocycles. The van der Waals surface area contributed by atoms with Gasteiger partial charge >= 0.3 is 0 Å². The van der Waals surface area contributed by atoms with Crippen molar-refractivity contribution in [2.45, 2.75) is 88.0 Å². The number of hydrogen-bond acceptors (Lipinski definition) is 7. The fraction of sp³-hybridized carbons (Fsp3) is 0.165. The van der Waals surface area contributed by atoms with Gasteiger partial charge in [0.05, 0.1) is 52.6 Å². The van der Waals surface area contributed by atoms with Gasteiger partial charge in [0.1, 0.15) is 0 Å². The summed E-state index contributed by atoms with van der Waals surface area (Å²) in [6.45, 7) is 24.3. The number of rotatable bonds is 7. The van der Waals surface area contributed by atoms with Gasteiger partial charge in [0.15, 0.2) is 0 Å². The minimum atomic E-state index is -0.929. The Morgan fingerprint density at radius 3 is 1.54 bits per heavy atom. The van der Waals surface area contributed by atoms with Crippen LogP contribution < -0.4 is 0 Å². The molecule has 5 radical (unpaired) electrons. The molecule has 0 N–H and O–H groups in total. The van der Waals surface area contributed by atoms with Crippen LogP contribution in [0.25, 0.3) is 89.4 Å². The number of fused-ring (bicyclic) bond motifs is 6. The number of halogens is 4. The molecule has 103 heavy (non-hydrogen) atoms. The first-order chi connectivity index (χ1) is 47.0. The molecular weight excluding hydrogens is 2180 g/mol. The van der Waals surface area contributed by atoms with Crippen LogP contribution in [0.15, 0.2) is 213 Å². The van der Waals surface area contributed by atoms with Gasteiger partial charge in [-0.3, -0.25) is 27.5 Å². The van der Waals surface area contributed by atoms with Crippen LogP contribution in [0, 0.1) is 116 Å². The van der Waals surface area contributed by atoms with E-state index in [-0.39, 0.29) is 122 Å². The van der Waals surface area contributed by atoms with E-state index in [2.05, 4.69) is 208 Å². The van der Waals surface area contributed by atoms with Crippen LogP contribution in [-0.4, -0.2) is 33.9 Å². The Kier molecular flexibility index (Phi) is 31.7. The monoisotopic (exact) mass is 2260 g/mol. The number of nitrogens with zero attached hydrogens (tertiary/aromatic N) is 9. The van der Waals surface area contributed by atoms with Gasteiger partial charge in [-0.25, -0.2) is 0 Å². The van der Waals surface area contributed by atoms with Crippen molar-refractivity contribution in [3.8, 4) is 74.2 Å². The summed E-state index contributed by atoms with van der Waals surface area (Å²) in [6.07, 6.45) is 11.8. The van der Waals surface area contributed by atoms with Gasteiger partial charge in [-0.2, -0.15) is 10.5 Å². The predicted octanol–water partition coefficient (Wildman–Crippen LogP) is 20.8. The maximum absolute atomic E-state index is 13.7. The largest absolute Gasteiger partial charge is 0.340 e. The molecule has 0 unspecified atom stereocenters. The van der Waals surface area contributed by atoms with Crippen molar-refractivity contribution in [3.63, 3.8) is 0 Å². The van der Waals surface area contributed by atoms with Gasteiger partial charge in [-0.1, -0.05) is 136 Å². The SMILES string of the molecule is CC(C)(C)c1ccnc(-c2[c-]cccc2)c1.Cc1cc(C)c(-n2ccnc2-c2[c-]cccc2)c(C)c1.Cc1cccc(C)c1-c1cnc2c3[c-]cccc3c3cc(CC(C)(C)C)ccc3n12.N#Cc1c(F)c[c-]c(-c2ccccn2)c1F.N#Cc1c(F)c[c-]c(-c2ccccn2)c1F.[Ir].[Ir].[Ir].[Ir].[Ir]. The number of benzene rings is 8. The van der Waals surface area contributed by atoms with E-state index >= 15 is 0 Å². The van der Waals surface area contributed by atoms with Gasteiger partial charge < -0.3 is 23.9 Å². The van der Waals surface area contributed by atoms with Crippen LogP contribution in [0.1, 0.15) is 91.6 Å². The van der Waals surface area contributed by atoms with Crippen molar-refractivity contribution < 1.29 is 118 Å². The molecular formula is C85H70F4Ir5N9-5. The summed E-state index contributed by atoms with van der Waals surface area (Å²) in [7, 11) is 0. The molecule has 0 aliphatic carbocycles. The minimum absolute atomic E-state index is 0. The molecule has 18 heteroatoms. The number of nitriles is 2. The van der Waals surface area contributed by atoms with Crippen LogP contribution in [0.3, 0.4) is 0 Å². The molecule has 0 amide bonds. The molecule has 6 heterocycles. The first kappa shape index (κ1) is 85.2. The van der Waals surface area contributed by atoms with Crippen molar-refractivity contribution in [1.29, 1.82) is 10.5 Å². The predicted molar refractivity (Wildman–Crippen MR) is 383 cm³/mol. The van der Waals surface area contributed by atoms with E-state index in [0.717, 1.165) is 57.9 Å². The van der Waals surface area contributed by atoms with Gasteiger partial charge in [0.2, 0.25) is 0 Å². The molecule has 0 aliphatic rings. The molecule has 0 fully saturated rings. The standard InChI is InChI=1S/C28H27N2.C18H17N2.C15H16N.2C12H5F2N2.5Ir/c1-18-9-8-10-19(2)26(18)25-17-29-27-22-12-7-6-11-21(22)23-15-20(16-28(3,4)5)13-14-24(23)30(25)27;1-13-11-14(2)17(15(3)12-13)20-10-9-19-18(20)16-7-5-4-6-8-16;1-15(2,3)13-9-10-16-14(11-13)12-7-5-4-6-8-12;2*13-10-5-4-8(12(14)9(10)7-15)11-3-1-2-6-16-11;;;;;/h6-11,13-15,17H,16H2,1-5H3;4-7,9-12H,1-3H3;4-7,9-11H,1-3H3;2*1-3,5-6H;;;;;/q5*-1;;;;;.